The van der Waals surface area contributed by atoms with Crippen molar-refractivity contribution in [3.63, 3.8) is 0 Å². The number of nitrogen functional groups attached to an aromatic ring is 1. The summed E-state index contributed by atoms with van der Waals surface area (Å²) >= 11 is 3.15. The Morgan fingerprint density at radius 3 is 2.57 bits per heavy atom. The van der Waals surface area contributed by atoms with Crippen LogP contribution in [0.5, 0.6) is 0 Å². The highest BCUT2D eigenvalue weighted by atomic mass is 79.9. The number of nitrogens with two attached hydrogens (primary N) is 1. The van der Waals surface area contributed by atoms with Crippen LogP contribution >= 0.6 is 15.9 Å². The van der Waals surface area contributed by atoms with E-state index in [2.05, 4.69) is 21.2 Å². The van der Waals surface area contributed by atoms with Gasteiger partial charge in [0.1, 0.15) is 0 Å². The van der Waals surface area contributed by atoms with E-state index in [-0.39, 0.29) is 11.5 Å². The number of hydrogen-bond acceptors (Lipinski definition) is 3. The highest BCUT2D eigenvalue weighted by Gasteiger charge is 2.13. The second-order valence-electron chi connectivity index (χ2n) is 4.47. The number of nitrogens with one attached hydrogen (secondary N) is 1. The van der Waals surface area contributed by atoms with Gasteiger partial charge in [0.15, 0.2) is 0 Å². The van der Waals surface area contributed by atoms with Crippen LogP contribution in [-0.4, -0.2) is 17.0 Å². The van der Waals surface area contributed by atoms with Crippen LogP contribution in [0.15, 0.2) is 40.9 Å². The van der Waals surface area contributed by atoms with Gasteiger partial charge in [0, 0.05) is 21.4 Å². The average Bonchev–Trinajstić information content (AvgIpc) is 2.43. The first-order valence-corrected chi connectivity index (χ1v) is 6.88. The first-order chi connectivity index (χ1) is 9.90. The molecule has 1 amide bonds. The normalized spacial score (nSPS) is 10.2. The summed E-state index contributed by atoms with van der Waals surface area (Å²) < 4.78 is 0.452. The van der Waals surface area contributed by atoms with Crippen LogP contribution in [-0.2, 0) is 0 Å². The van der Waals surface area contributed by atoms with Crippen LogP contribution in [0.1, 0.15) is 26.3 Å². The molecule has 0 atom stereocenters. The van der Waals surface area contributed by atoms with E-state index in [4.69, 9.17) is 10.8 Å². The fourth-order valence-electron chi connectivity index (χ4n) is 1.86. The van der Waals surface area contributed by atoms with Gasteiger partial charge < -0.3 is 16.2 Å². The second-order valence-corrected chi connectivity index (χ2v) is 5.33. The molecule has 0 spiro atoms. The third-order valence-corrected chi connectivity index (χ3v) is 3.77. The molecule has 2 aromatic rings. The van der Waals surface area contributed by atoms with Crippen LogP contribution in [0, 0.1) is 6.92 Å². The van der Waals surface area contributed by atoms with Crippen LogP contribution in [0.2, 0.25) is 0 Å². The molecule has 0 aliphatic rings. The number of aromatic carboxylic acids is 1. The number of halogens is 1. The molecule has 0 aromatic heterocycles. The number of carbonyl (C=O) groups is 2. The zero-order valence-corrected chi connectivity index (χ0v) is 12.8. The fourth-order valence-corrected chi connectivity index (χ4v) is 2.28. The van der Waals surface area contributed by atoms with E-state index in [1.54, 1.807) is 37.3 Å². The van der Waals surface area contributed by atoms with Crippen LogP contribution in [0.3, 0.4) is 0 Å². The third kappa shape index (κ3) is 3.22. The van der Waals surface area contributed by atoms with Crippen molar-refractivity contribution in [1.29, 1.82) is 0 Å². The Labute approximate surface area is 129 Å². The summed E-state index contributed by atoms with van der Waals surface area (Å²) in [5.74, 6) is -1.41. The lowest BCUT2D eigenvalue weighted by molar-refractivity contribution is 0.0695. The topological polar surface area (TPSA) is 92.4 Å². The van der Waals surface area contributed by atoms with E-state index < -0.39 is 5.97 Å². The van der Waals surface area contributed by atoms with E-state index in [1.807, 2.05) is 0 Å². The molecule has 0 saturated carbocycles. The summed E-state index contributed by atoms with van der Waals surface area (Å²) in [6, 6.07) is 9.67. The maximum absolute atomic E-state index is 12.2. The summed E-state index contributed by atoms with van der Waals surface area (Å²) in [6.45, 7) is 1.76. The number of rotatable bonds is 3. The maximum atomic E-state index is 12.2. The summed E-state index contributed by atoms with van der Waals surface area (Å²) in [5, 5.41) is 11.7. The number of hydrogen-bond donors (Lipinski definition) is 3. The predicted octanol–water partition coefficient (Wildman–Crippen LogP) is 3.29. The summed E-state index contributed by atoms with van der Waals surface area (Å²) in [6.07, 6.45) is 0. The molecular weight excluding hydrogens is 336 g/mol. The molecule has 21 heavy (non-hydrogen) atoms. The average molecular weight is 349 g/mol. The minimum atomic E-state index is -1.07. The van der Waals surface area contributed by atoms with Gasteiger partial charge in [-0.15, -0.1) is 0 Å². The number of benzene rings is 2. The minimum absolute atomic E-state index is 0.0806. The highest BCUT2D eigenvalue weighted by Crippen LogP contribution is 2.22. The van der Waals surface area contributed by atoms with Crippen molar-refractivity contribution in [2.24, 2.45) is 0 Å². The lowest BCUT2D eigenvalue weighted by atomic mass is 10.1. The van der Waals surface area contributed by atoms with Gasteiger partial charge in [-0.1, -0.05) is 6.07 Å². The molecule has 0 unspecified atom stereocenters. The van der Waals surface area contributed by atoms with E-state index in [9.17, 15) is 9.59 Å². The van der Waals surface area contributed by atoms with Gasteiger partial charge >= 0.3 is 5.97 Å². The summed E-state index contributed by atoms with van der Waals surface area (Å²) in [7, 11) is 0. The van der Waals surface area contributed by atoms with Crippen molar-refractivity contribution in [3.8, 4) is 0 Å². The van der Waals surface area contributed by atoms with Crippen molar-refractivity contribution >= 4 is 39.2 Å². The van der Waals surface area contributed by atoms with E-state index in [0.717, 1.165) is 0 Å². The lowest BCUT2D eigenvalue weighted by Crippen LogP contribution is -2.14. The van der Waals surface area contributed by atoms with Crippen molar-refractivity contribution in [1.82, 2.24) is 0 Å². The number of carbonyl (C=O) groups excluding carboxylic acids is 1. The molecule has 0 radical (unpaired) electrons. The quantitative estimate of drug-likeness (QED) is 0.742. The first kappa shape index (κ1) is 15.1. The number of amides is 1. The Balaban J connectivity index is 2.30. The Kier molecular flexibility index (Phi) is 4.28. The molecule has 4 N–H and O–H groups in total. The largest absolute Gasteiger partial charge is 0.478 e. The number of carboxylic acid groups (broad SMARTS) is 1. The van der Waals surface area contributed by atoms with Crippen LogP contribution in [0.4, 0.5) is 11.4 Å². The lowest BCUT2D eigenvalue weighted by Gasteiger charge is -2.10. The first-order valence-electron chi connectivity index (χ1n) is 6.09. The zero-order chi connectivity index (χ0) is 15.6. The van der Waals surface area contributed by atoms with Crippen molar-refractivity contribution in [2.75, 3.05) is 11.1 Å². The van der Waals surface area contributed by atoms with Crippen molar-refractivity contribution in [3.05, 3.63) is 57.6 Å². The molecule has 6 heteroatoms. The molecule has 2 rings (SSSR count). The van der Waals surface area contributed by atoms with Gasteiger partial charge in [-0.2, -0.15) is 0 Å². The van der Waals surface area contributed by atoms with Crippen LogP contribution < -0.4 is 11.1 Å². The molecule has 0 saturated heterocycles. The van der Waals surface area contributed by atoms with Gasteiger partial charge in [0.25, 0.3) is 5.91 Å². The standard InChI is InChI=1S/C15H13BrN2O3/c1-8-10(3-2-4-13(8)17)14(19)18-9-5-6-12(16)11(7-9)15(20)21/h2-7H,17H2,1H3,(H,18,19)(H,20,21). The van der Waals surface area contributed by atoms with Gasteiger partial charge in [0.2, 0.25) is 0 Å². The monoisotopic (exact) mass is 348 g/mol. The third-order valence-electron chi connectivity index (χ3n) is 3.07. The minimum Gasteiger partial charge on any atom is -0.478 e. The van der Waals surface area contributed by atoms with E-state index >= 15 is 0 Å². The molecule has 0 heterocycles. The molecule has 108 valence electrons. The smallest absolute Gasteiger partial charge is 0.336 e. The van der Waals surface area contributed by atoms with Crippen molar-refractivity contribution in [2.45, 2.75) is 6.92 Å². The molecule has 5 nitrogen and oxygen atoms in total. The molecule has 0 aliphatic heterocycles. The molecule has 2 aromatic carbocycles. The fraction of sp³-hybridized carbons (Fsp3) is 0.0667. The van der Waals surface area contributed by atoms with E-state index in [1.165, 1.54) is 6.07 Å². The Bertz CT molecular complexity index is 729. The van der Waals surface area contributed by atoms with Crippen molar-refractivity contribution < 1.29 is 14.7 Å². The van der Waals surface area contributed by atoms with Gasteiger partial charge in [-0.25, -0.2) is 4.79 Å². The zero-order valence-electron chi connectivity index (χ0n) is 11.2. The Morgan fingerprint density at radius 2 is 1.90 bits per heavy atom. The van der Waals surface area contributed by atoms with E-state index in [0.29, 0.717) is 27.0 Å². The van der Waals surface area contributed by atoms with Crippen LogP contribution in [0.25, 0.3) is 0 Å². The molecule has 0 aliphatic carbocycles. The SMILES string of the molecule is Cc1c(N)cccc1C(=O)Nc1ccc(Br)c(C(=O)O)c1. The Hall–Kier alpha value is -2.34. The maximum Gasteiger partial charge on any atom is 0.336 e. The molecular formula is C15H13BrN2O3. The highest BCUT2D eigenvalue weighted by molar-refractivity contribution is 9.10. The van der Waals surface area contributed by atoms with Gasteiger partial charge in [-0.3, -0.25) is 4.79 Å². The number of carboxylic acids is 1. The summed E-state index contributed by atoms with van der Waals surface area (Å²) in [5.41, 5.74) is 7.93. The van der Waals surface area contributed by atoms with Gasteiger partial charge in [-0.05, 0) is 58.7 Å². The molecule has 0 fully saturated rings. The predicted molar refractivity (Wildman–Crippen MR) is 84.6 cm³/mol. The summed E-state index contributed by atoms with van der Waals surface area (Å²) in [4.78, 5) is 23.3. The molecule has 0 bridgehead atoms. The second kappa shape index (κ2) is 5.97. The van der Waals surface area contributed by atoms with Gasteiger partial charge in [0.05, 0.1) is 5.56 Å². The Morgan fingerprint density at radius 1 is 1.19 bits per heavy atom. The number of anilines is 2.